The van der Waals surface area contributed by atoms with Crippen molar-refractivity contribution in [2.45, 2.75) is 59.8 Å². The molecule has 0 spiro atoms. The molecule has 0 heteroatoms. The Bertz CT molecular complexity index is 449. The van der Waals surface area contributed by atoms with Gasteiger partial charge in [0.15, 0.2) is 0 Å². The SMILES string of the molecule is C=C(CC(CC)CC(C)C(=C)CCC)c1ccc(C)cc1. The first-order valence-corrected chi connectivity index (χ1v) is 8.40. The normalized spacial score (nSPS) is 13.7. The summed E-state index contributed by atoms with van der Waals surface area (Å²) in [4.78, 5) is 0. The van der Waals surface area contributed by atoms with Crippen LogP contribution in [0, 0.1) is 18.8 Å². The van der Waals surface area contributed by atoms with Crippen molar-refractivity contribution >= 4 is 5.57 Å². The molecule has 21 heavy (non-hydrogen) atoms. The minimum absolute atomic E-state index is 0.626. The van der Waals surface area contributed by atoms with Gasteiger partial charge in [-0.25, -0.2) is 0 Å². The fourth-order valence-corrected chi connectivity index (χ4v) is 2.88. The van der Waals surface area contributed by atoms with E-state index in [-0.39, 0.29) is 0 Å². The highest BCUT2D eigenvalue weighted by molar-refractivity contribution is 5.63. The van der Waals surface area contributed by atoms with Gasteiger partial charge in [-0.05, 0) is 49.2 Å². The standard InChI is InChI=1S/C21H32/c1-7-9-17(4)18(5)14-20(8-2)15-19(6)21-12-10-16(3)11-13-21/h10-13,18,20H,4,6-9,14-15H2,1-3,5H3. The monoisotopic (exact) mass is 284 g/mol. The molecule has 0 aliphatic rings. The van der Waals surface area contributed by atoms with Crippen molar-refractivity contribution < 1.29 is 0 Å². The van der Waals surface area contributed by atoms with Crippen LogP contribution in [0.5, 0.6) is 0 Å². The summed E-state index contributed by atoms with van der Waals surface area (Å²) < 4.78 is 0. The summed E-state index contributed by atoms with van der Waals surface area (Å²) in [6, 6.07) is 8.74. The molecule has 1 aromatic carbocycles. The van der Waals surface area contributed by atoms with E-state index in [1.807, 2.05) is 0 Å². The molecule has 0 saturated carbocycles. The summed E-state index contributed by atoms with van der Waals surface area (Å²) in [5.74, 6) is 1.34. The van der Waals surface area contributed by atoms with Crippen molar-refractivity contribution in [1.82, 2.24) is 0 Å². The molecular formula is C21H32. The van der Waals surface area contributed by atoms with E-state index in [1.165, 1.54) is 41.5 Å². The molecule has 2 atom stereocenters. The lowest BCUT2D eigenvalue weighted by Crippen LogP contribution is -2.08. The van der Waals surface area contributed by atoms with Crippen LogP contribution in [0.1, 0.15) is 64.0 Å². The van der Waals surface area contributed by atoms with E-state index in [0.29, 0.717) is 11.8 Å². The minimum atomic E-state index is 0.626. The van der Waals surface area contributed by atoms with Gasteiger partial charge in [-0.3, -0.25) is 0 Å². The number of aryl methyl sites for hydroxylation is 1. The van der Waals surface area contributed by atoms with Gasteiger partial charge in [0.1, 0.15) is 0 Å². The van der Waals surface area contributed by atoms with Crippen LogP contribution < -0.4 is 0 Å². The van der Waals surface area contributed by atoms with E-state index in [4.69, 9.17) is 0 Å². The summed E-state index contributed by atoms with van der Waals surface area (Å²) in [5, 5.41) is 0. The van der Waals surface area contributed by atoms with Crippen molar-refractivity contribution in [2.75, 3.05) is 0 Å². The van der Waals surface area contributed by atoms with Gasteiger partial charge in [0, 0.05) is 0 Å². The van der Waals surface area contributed by atoms with E-state index in [9.17, 15) is 0 Å². The van der Waals surface area contributed by atoms with Crippen molar-refractivity contribution in [3.05, 3.63) is 54.1 Å². The average molecular weight is 284 g/mol. The number of hydrogen-bond acceptors (Lipinski definition) is 0. The van der Waals surface area contributed by atoms with Gasteiger partial charge in [-0.15, -0.1) is 0 Å². The molecule has 0 saturated heterocycles. The Morgan fingerprint density at radius 1 is 1.10 bits per heavy atom. The van der Waals surface area contributed by atoms with Crippen molar-refractivity contribution in [3.63, 3.8) is 0 Å². The second kappa shape index (κ2) is 8.87. The first kappa shape index (κ1) is 17.8. The fraction of sp³-hybridized carbons (Fsp3) is 0.524. The Morgan fingerprint density at radius 3 is 2.24 bits per heavy atom. The second-order valence-electron chi connectivity index (χ2n) is 6.49. The maximum absolute atomic E-state index is 4.31. The van der Waals surface area contributed by atoms with Gasteiger partial charge in [0.25, 0.3) is 0 Å². The van der Waals surface area contributed by atoms with Gasteiger partial charge in [0.05, 0.1) is 0 Å². The molecule has 1 rings (SSSR count). The third-order valence-corrected chi connectivity index (χ3v) is 4.53. The molecule has 0 heterocycles. The Kier molecular flexibility index (Phi) is 7.50. The van der Waals surface area contributed by atoms with Crippen LogP contribution in [0.2, 0.25) is 0 Å². The largest absolute Gasteiger partial charge is 0.0996 e. The fourth-order valence-electron chi connectivity index (χ4n) is 2.88. The number of rotatable bonds is 9. The van der Waals surface area contributed by atoms with Crippen molar-refractivity contribution in [3.8, 4) is 0 Å². The van der Waals surface area contributed by atoms with Crippen LogP contribution in [0.15, 0.2) is 43.0 Å². The molecule has 0 aromatic heterocycles. The van der Waals surface area contributed by atoms with E-state index in [1.54, 1.807) is 0 Å². The molecule has 0 fully saturated rings. The topological polar surface area (TPSA) is 0 Å². The average Bonchev–Trinajstić information content (AvgIpc) is 2.47. The Balaban J connectivity index is 2.59. The Hall–Kier alpha value is -1.30. The lowest BCUT2D eigenvalue weighted by atomic mass is 9.83. The summed E-state index contributed by atoms with van der Waals surface area (Å²) in [5.41, 5.74) is 5.29. The molecule has 2 unspecified atom stereocenters. The summed E-state index contributed by atoms with van der Waals surface area (Å²) in [7, 11) is 0. The number of benzene rings is 1. The van der Waals surface area contributed by atoms with E-state index < -0.39 is 0 Å². The molecule has 0 nitrogen and oxygen atoms in total. The van der Waals surface area contributed by atoms with E-state index >= 15 is 0 Å². The molecule has 0 bridgehead atoms. The van der Waals surface area contributed by atoms with Crippen LogP contribution in [-0.2, 0) is 0 Å². The zero-order valence-corrected chi connectivity index (χ0v) is 14.4. The number of hydrogen-bond donors (Lipinski definition) is 0. The molecule has 0 N–H and O–H groups in total. The summed E-state index contributed by atoms with van der Waals surface area (Å²) in [6.07, 6.45) is 5.92. The smallest absolute Gasteiger partial charge is 0.0230 e. The zero-order valence-electron chi connectivity index (χ0n) is 14.4. The van der Waals surface area contributed by atoms with Gasteiger partial charge in [-0.1, -0.05) is 82.2 Å². The van der Waals surface area contributed by atoms with Crippen molar-refractivity contribution in [1.29, 1.82) is 0 Å². The van der Waals surface area contributed by atoms with Gasteiger partial charge in [-0.2, -0.15) is 0 Å². The van der Waals surface area contributed by atoms with Crippen LogP contribution in [0.4, 0.5) is 0 Å². The third-order valence-electron chi connectivity index (χ3n) is 4.53. The van der Waals surface area contributed by atoms with Crippen molar-refractivity contribution in [2.24, 2.45) is 11.8 Å². The Labute approximate surface area is 132 Å². The minimum Gasteiger partial charge on any atom is -0.0996 e. The van der Waals surface area contributed by atoms with Crippen LogP contribution in [0.25, 0.3) is 5.57 Å². The van der Waals surface area contributed by atoms with Crippen LogP contribution in [-0.4, -0.2) is 0 Å². The molecule has 116 valence electrons. The molecular weight excluding hydrogens is 252 g/mol. The molecule has 0 radical (unpaired) electrons. The number of allylic oxidation sites excluding steroid dienone is 2. The quantitative estimate of drug-likeness (QED) is 0.437. The molecule has 0 amide bonds. The van der Waals surface area contributed by atoms with Crippen LogP contribution >= 0.6 is 0 Å². The maximum Gasteiger partial charge on any atom is -0.0230 e. The second-order valence-corrected chi connectivity index (χ2v) is 6.49. The first-order valence-electron chi connectivity index (χ1n) is 8.40. The predicted molar refractivity (Wildman–Crippen MR) is 96.4 cm³/mol. The Morgan fingerprint density at radius 2 is 1.71 bits per heavy atom. The predicted octanol–water partition coefficient (Wildman–Crippen LogP) is 6.81. The lowest BCUT2D eigenvalue weighted by Gasteiger charge is -2.22. The van der Waals surface area contributed by atoms with Gasteiger partial charge >= 0.3 is 0 Å². The van der Waals surface area contributed by atoms with Gasteiger partial charge in [0.2, 0.25) is 0 Å². The highest BCUT2D eigenvalue weighted by atomic mass is 14.2. The first-order chi connectivity index (χ1) is 9.97. The summed E-state index contributed by atoms with van der Waals surface area (Å²) >= 11 is 0. The zero-order chi connectivity index (χ0) is 15.8. The highest BCUT2D eigenvalue weighted by Crippen LogP contribution is 2.30. The highest BCUT2D eigenvalue weighted by Gasteiger charge is 2.15. The summed E-state index contributed by atoms with van der Waals surface area (Å²) in [6.45, 7) is 17.5. The van der Waals surface area contributed by atoms with E-state index in [0.717, 1.165) is 12.8 Å². The van der Waals surface area contributed by atoms with Crippen LogP contribution in [0.3, 0.4) is 0 Å². The maximum atomic E-state index is 4.31. The molecule has 0 aliphatic carbocycles. The third kappa shape index (κ3) is 5.91. The lowest BCUT2D eigenvalue weighted by molar-refractivity contribution is 0.412. The van der Waals surface area contributed by atoms with E-state index in [2.05, 4.69) is 65.1 Å². The van der Waals surface area contributed by atoms with Gasteiger partial charge < -0.3 is 0 Å². The molecule has 1 aromatic rings. The molecule has 0 aliphatic heterocycles.